The zero-order valence-electron chi connectivity index (χ0n) is 16.6. The summed E-state index contributed by atoms with van der Waals surface area (Å²) >= 11 is 1.80. The van der Waals surface area contributed by atoms with E-state index < -0.39 is 0 Å². The third kappa shape index (κ3) is 7.75. The van der Waals surface area contributed by atoms with E-state index in [4.69, 9.17) is 0 Å². The van der Waals surface area contributed by atoms with E-state index in [0.29, 0.717) is 30.2 Å². The molecular formula is C20H28FIN4OS. The fourth-order valence-electron chi connectivity index (χ4n) is 2.57. The van der Waals surface area contributed by atoms with Crippen LogP contribution in [0.25, 0.3) is 0 Å². The molecule has 0 aliphatic heterocycles. The molecule has 1 aromatic carbocycles. The van der Waals surface area contributed by atoms with Crippen LogP contribution >= 0.6 is 35.3 Å². The summed E-state index contributed by atoms with van der Waals surface area (Å²) in [5.41, 5.74) is 0.843. The van der Waals surface area contributed by atoms with Gasteiger partial charge in [0, 0.05) is 47.9 Å². The number of amides is 1. The molecule has 8 heteroatoms. The molecular weight excluding hydrogens is 490 g/mol. The van der Waals surface area contributed by atoms with Gasteiger partial charge in [-0.2, -0.15) is 0 Å². The molecule has 154 valence electrons. The van der Waals surface area contributed by atoms with Crippen LogP contribution in [0.4, 0.5) is 4.39 Å². The van der Waals surface area contributed by atoms with Crippen molar-refractivity contribution in [3.8, 4) is 0 Å². The summed E-state index contributed by atoms with van der Waals surface area (Å²) in [5.74, 6) is 0.0202. The Kier molecular flexibility index (Phi) is 10.4. The highest BCUT2D eigenvalue weighted by Crippen LogP contribution is 2.16. The summed E-state index contributed by atoms with van der Waals surface area (Å²) in [6.07, 6.45) is 0.926. The van der Waals surface area contributed by atoms with Crippen molar-refractivity contribution < 1.29 is 9.18 Å². The molecule has 0 radical (unpaired) electrons. The molecule has 1 atom stereocenters. The molecule has 5 nitrogen and oxygen atoms in total. The lowest BCUT2D eigenvalue weighted by molar-refractivity contribution is 0.0954. The first kappa shape index (κ1) is 24.4. The second-order valence-corrected chi connectivity index (χ2v) is 7.85. The highest BCUT2D eigenvalue weighted by Gasteiger charge is 2.09. The summed E-state index contributed by atoms with van der Waals surface area (Å²) in [7, 11) is 1.71. The summed E-state index contributed by atoms with van der Waals surface area (Å²) in [4.78, 5) is 18.9. The molecule has 2 rings (SSSR count). The lowest BCUT2D eigenvalue weighted by Crippen LogP contribution is -2.45. The van der Waals surface area contributed by atoms with Crippen molar-refractivity contribution in [2.45, 2.75) is 33.2 Å². The number of carbonyl (C=O) groups is 1. The molecule has 2 aromatic rings. The molecule has 0 aliphatic rings. The molecule has 3 N–H and O–H groups in total. The van der Waals surface area contributed by atoms with Gasteiger partial charge in [-0.3, -0.25) is 9.79 Å². The summed E-state index contributed by atoms with van der Waals surface area (Å²) in [6, 6.07) is 8.99. The van der Waals surface area contributed by atoms with Crippen LogP contribution < -0.4 is 16.0 Å². The van der Waals surface area contributed by atoms with Gasteiger partial charge < -0.3 is 16.0 Å². The fraction of sp³-hybridized carbons (Fsp3) is 0.400. The number of nitrogens with one attached hydrogen (secondary N) is 3. The Morgan fingerprint density at radius 3 is 2.50 bits per heavy atom. The summed E-state index contributed by atoms with van der Waals surface area (Å²) < 4.78 is 13.5. The average Bonchev–Trinajstić information content (AvgIpc) is 3.04. The average molecular weight is 518 g/mol. The zero-order valence-corrected chi connectivity index (χ0v) is 19.8. The Morgan fingerprint density at radius 1 is 1.18 bits per heavy atom. The first-order chi connectivity index (χ1) is 12.9. The topological polar surface area (TPSA) is 65.5 Å². The predicted molar refractivity (Wildman–Crippen MR) is 126 cm³/mol. The molecule has 1 heterocycles. The minimum Gasteiger partial charge on any atom is -0.355 e. The maximum absolute atomic E-state index is 13.5. The van der Waals surface area contributed by atoms with Gasteiger partial charge in [-0.05, 0) is 50.6 Å². The number of benzene rings is 1. The largest absolute Gasteiger partial charge is 0.355 e. The highest BCUT2D eigenvalue weighted by atomic mass is 127. The van der Waals surface area contributed by atoms with E-state index in [9.17, 15) is 9.18 Å². The second kappa shape index (κ2) is 12.0. The van der Waals surface area contributed by atoms with E-state index in [-0.39, 0.29) is 41.7 Å². The summed E-state index contributed by atoms with van der Waals surface area (Å²) in [5, 5.41) is 9.29. The first-order valence-electron chi connectivity index (χ1n) is 8.96. The van der Waals surface area contributed by atoms with Crippen LogP contribution in [0.15, 0.2) is 35.3 Å². The van der Waals surface area contributed by atoms with Crippen molar-refractivity contribution in [2.24, 2.45) is 4.99 Å². The second-order valence-electron chi connectivity index (χ2n) is 6.48. The monoisotopic (exact) mass is 518 g/mol. The maximum Gasteiger partial charge on any atom is 0.251 e. The van der Waals surface area contributed by atoms with Gasteiger partial charge >= 0.3 is 0 Å². The molecule has 1 unspecified atom stereocenters. The van der Waals surface area contributed by atoms with Gasteiger partial charge in [-0.15, -0.1) is 35.3 Å². The number of hydrogen-bond acceptors (Lipinski definition) is 3. The van der Waals surface area contributed by atoms with Crippen molar-refractivity contribution in [3.05, 3.63) is 57.0 Å². The Morgan fingerprint density at radius 2 is 1.89 bits per heavy atom. The van der Waals surface area contributed by atoms with Crippen LogP contribution in [0.2, 0.25) is 0 Å². The van der Waals surface area contributed by atoms with Crippen molar-refractivity contribution in [1.82, 2.24) is 16.0 Å². The molecule has 28 heavy (non-hydrogen) atoms. The Labute approximate surface area is 187 Å². The molecule has 1 aromatic heterocycles. The smallest absolute Gasteiger partial charge is 0.251 e. The molecule has 0 fully saturated rings. The van der Waals surface area contributed by atoms with E-state index in [1.54, 1.807) is 37.4 Å². The normalized spacial score (nSPS) is 12.1. The van der Waals surface area contributed by atoms with Crippen LogP contribution in [0.3, 0.4) is 0 Å². The van der Waals surface area contributed by atoms with Crippen molar-refractivity contribution >= 4 is 47.2 Å². The quantitative estimate of drug-likeness (QED) is 0.227. The van der Waals surface area contributed by atoms with Crippen molar-refractivity contribution in [2.75, 3.05) is 20.1 Å². The van der Waals surface area contributed by atoms with Gasteiger partial charge in [0.1, 0.15) is 5.82 Å². The van der Waals surface area contributed by atoms with Crippen LogP contribution in [0, 0.1) is 19.7 Å². The van der Waals surface area contributed by atoms with Gasteiger partial charge in [-0.25, -0.2) is 4.39 Å². The van der Waals surface area contributed by atoms with Gasteiger partial charge in [0.05, 0.1) is 0 Å². The Bertz CT molecular complexity index is 809. The van der Waals surface area contributed by atoms with Crippen LogP contribution in [0.5, 0.6) is 0 Å². The number of halogens is 2. The number of nitrogens with zero attached hydrogens (tertiary/aromatic N) is 1. The number of hydrogen-bond donors (Lipinski definition) is 3. The lowest BCUT2D eigenvalue weighted by atomic mass is 10.1. The van der Waals surface area contributed by atoms with Gasteiger partial charge in [0.2, 0.25) is 0 Å². The number of rotatable bonds is 7. The number of guanidine groups is 1. The third-order valence-corrected chi connectivity index (χ3v) is 5.07. The molecule has 0 spiro atoms. The molecule has 1 amide bonds. The molecule has 0 aliphatic carbocycles. The Balaban J connectivity index is 0.00000392. The van der Waals surface area contributed by atoms with Crippen LogP contribution in [-0.4, -0.2) is 38.0 Å². The number of thiophene rings is 1. The summed E-state index contributed by atoms with van der Waals surface area (Å²) in [6.45, 7) is 6.81. The van der Waals surface area contributed by atoms with Crippen molar-refractivity contribution in [1.29, 1.82) is 0 Å². The zero-order chi connectivity index (χ0) is 19.8. The third-order valence-electron chi connectivity index (χ3n) is 4.05. The van der Waals surface area contributed by atoms with E-state index >= 15 is 0 Å². The number of carbonyl (C=O) groups excluding carboxylic acids is 1. The minimum atomic E-state index is -0.375. The Hall–Kier alpha value is -1.68. The number of aliphatic imine (C=N–C) groups is 1. The van der Waals surface area contributed by atoms with Gasteiger partial charge in [0.25, 0.3) is 5.91 Å². The number of aryl methyl sites for hydroxylation is 2. The predicted octanol–water partition coefficient (Wildman–Crippen LogP) is 3.65. The minimum absolute atomic E-state index is 0. The lowest BCUT2D eigenvalue weighted by Gasteiger charge is -2.17. The van der Waals surface area contributed by atoms with Gasteiger partial charge in [-0.1, -0.05) is 6.07 Å². The van der Waals surface area contributed by atoms with E-state index in [0.717, 1.165) is 6.42 Å². The van der Waals surface area contributed by atoms with Crippen LogP contribution in [-0.2, 0) is 6.42 Å². The fourth-order valence-corrected chi connectivity index (χ4v) is 3.59. The molecule has 0 bridgehead atoms. The highest BCUT2D eigenvalue weighted by molar-refractivity contribution is 14.0. The van der Waals surface area contributed by atoms with Crippen molar-refractivity contribution in [3.63, 3.8) is 0 Å². The van der Waals surface area contributed by atoms with E-state index in [1.165, 1.54) is 15.8 Å². The SMILES string of the molecule is CN=C(NCCNC(=O)c1ccc(C)c(F)c1)NC(C)Cc1ccc(C)s1.I. The standard InChI is InChI=1S/C20H27FN4OS.HI/c1-13-5-7-16(12-18(13)21)19(26)23-9-10-24-20(22-4)25-14(2)11-17-8-6-15(3)27-17;/h5-8,12,14H,9-11H2,1-4H3,(H,23,26)(H2,22,24,25);1H. The van der Waals surface area contributed by atoms with Crippen LogP contribution in [0.1, 0.15) is 32.6 Å². The maximum atomic E-state index is 13.5. The van der Waals surface area contributed by atoms with E-state index in [1.807, 2.05) is 0 Å². The van der Waals surface area contributed by atoms with Gasteiger partial charge in [0.15, 0.2) is 5.96 Å². The van der Waals surface area contributed by atoms with E-state index in [2.05, 4.69) is 46.9 Å². The molecule has 0 saturated carbocycles. The first-order valence-corrected chi connectivity index (χ1v) is 9.77. The molecule has 0 saturated heterocycles.